The van der Waals surface area contributed by atoms with Crippen LogP contribution in [0.5, 0.6) is 23.0 Å². The maximum Gasteiger partial charge on any atom is 0.430 e. The van der Waals surface area contributed by atoms with Crippen molar-refractivity contribution in [2.24, 2.45) is 0 Å². The lowest BCUT2D eigenvalue weighted by molar-refractivity contribution is -0.376. The maximum atomic E-state index is 13.5. The third-order valence-corrected chi connectivity index (χ3v) is 7.39. The van der Waals surface area contributed by atoms with Crippen LogP contribution < -0.4 is 19.5 Å². The van der Waals surface area contributed by atoms with Crippen molar-refractivity contribution < 1.29 is 55.2 Å². The standard InChI is InChI=1S/C31H32F6N2O6/c1-5-7-20-15-22(29(41,30(32,33)34)31(35,36)37)11-12-24(20)45-23-9-6-8-19(14-23)17-39-18-44-28(2,38-27(39)40)21-10-13-25(42-3)26(16-21)43-4/h6,8-16,41H,5,7,17-18H2,1-4H3,(H,38,40). The second-order valence-electron chi connectivity index (χ2n) is 10.5. The van der Waals surface area contributed by atoms with E-state index in [0.717, 1.165) is 6.07 Å². The van der Waals surface area contributed by atoms with Crippen molar-refractivity contribution in [3.8, 4) is 23.0 Å². The summed E-state index contributed by atoms with van der Waals surface area (Å²) in [6, 6.07) is 13.4. The fourth-order valence-corrected chi connectivity index (χ4v) is 4.90. The van der Waals surface area contributed by atoms with Gasteiger partial charge in [-0.3, -0.25) is 4.90 Å². The number of carbonyl (C=O) groups excluding carboxylic acids is 1. The summed E-state index contributed by atoms with van der Waals surface area (Å²) in [6.45, 7) is 3.40. The first kappa shape index (κ1) is 33.7. The average molecular weight is 643 g/mol. The van der Waals surface area contributed by atoms with Gasteiger partial charge in [-0.1, -0.05) is 37.6 Å². The molecule has 2 amide bonds. The minimum absolute atomic E-state index is 0.0224. The van der Waals surface area contributed by atoms with E-state index in [1.807, 2.05) is 0 Å². The van der Waals surface area contributed by atoms with Crippen molar-refractivity contribution >= 4 is 6.03 Å². The van der Waals surface area contributed by atoms with E-state index in [2.05, 4.69) is 5.32 Å². The Bertz CT molecular complexity index is 1520. The van der Waals surface area contributed by atoms with Crippen molar-refractivity contribution in [2.45, 2.75) is 56.9 Å². The van der Waals surface area contributed by atoms with Gasteiger partial charge in [0.1, 0.15) is 18.2 Å². The molecule has 14 heteroatoms. The molecule has 1 aliphatic rings. The number of halogens is 6. The quantitative estimate of drug-likeness (QED) is 0.229. The highest BCUT2D eigenvalue weighted by Crippen LogP contribution is 2.50. The summed E-state index contributed by atoms with van der Waals surface area (Å²) in [5.41, 5.74) is -6.29. The summed E-state index contributed by atoms with van der Waals surface area (Å²) >= 11 is 0. The molecule has 1 unspecified atom stereocenters. The van der Waals surface area contributed by atoms with Crippen molar-refractivity contribution in [3.05, 3.63) is 82.9 Å². The first-order valence-corrected chi connectivity index (χ1v) is 13.8. The fraction of sp³-hybridized carbons (Fsp3) is 0.387. The highest BCUT2D eigenvalue weighted by Gasteiger charge is 2.71. The number of carbonyl (C=O) groups is 1. The summed E-state index contributed by atoms with van der Waals surface area (Å²) in [7, 11) is 3.00. The number of nitrogens with one attached hydrogen (secondary N) is 1. The van der Waals surface area contributed by atoms with Gasteiger partial charge in [0, 0.05) is 17.7 Å². The first-order valence-electron chi connectivity index (χ1n) is 13.8. The Morgan fingerprint density at radius 2 is 1.60 bits per heavy atom. The van der Waals surface area contributed by atoms with Gasteiger partial charge in [0.2, 0.25) is 0 Å². The number of nitrogens with zero attached hydrogens (tertiary/aromatic N) is 1. The van der Waals surface area contributed by atoms with Crippen LogP contribution in [0.1, 0.15) is 42.5 Å². The van der Waals surface area contributed by atoms with Crippen LogP contribution in [0.2, 0.25) is 0 Å². The normalized spacial score (nSPS) is 17.6. The van der Waals surface area contributed by atoms with Gasteiger partial charge in [0.25, 0.3) is 5.60 Å². The molecule has 0 spiro atoms. The fourth-order valence-electron chi connectivity index (χ4n) is 4.90. The van der Waals surface area contributed by atoms with E-state index in [1.54, 1.807) is 56.3 Å². The Hall–Kier alpha value is -4.17. The number of benzene rings is 3. The van der Waals surface area contributed by atoms with Crippen LogP contribution in [0.4, 0.5) is 31.1 Å². The van der Waals surface area contributed by atoms with Crippen LogP contribution in [-0.4, -0.2) is 49.3 Å². The molecule has 1 atom stereocenters. The van der Waals surface area contributed by atoms with Gasteiger partial charge < -0.3 is 29.4 Å². The number of hydrogen-bond acceptors (Lipinski definition) is 6. The zero-order valence-electron chi connectivity index (χ0n) is 24.8. The van der Waals surface area contributed by atoms with Gasteiger partial charge in [0.05, 0.1) is 14.2 Å². The van der Waals surface area contributed by atoms with Crippen molar-refractivity contribution in [2.75, 3.05) is 21.0 Å². The molecule has 244 valence electrons. The number of alkyl halides is 6. The van der Waals surface area contributed by atoms with E-state index in [9.17, 15) is 36.2 Å². The third kappa shape index (κ3) is 6.76. The maximum absolute atomic E-state index is 13.5. The molecule has 2 N–H and O–H groups in total. The van der Waals surface area contributed by atoms with Crippen LogP contribution in [0.25, 0.3) is 0 Å². The summed E-state index contributed by atoms with van der Waals surface area (Å²) < 4.78 is 103. The van der Waals surface area contributed by atoms with Crippen LogP contribution in [0, 0.1) is 0 Å². The molecule has 8 nitrogen and oxygen atoms in total. The molecule has 4 rings (SSSR count). The van der Waals surface area contributed by atoms with E-state index < -0.39 is 35.3 Å². The van der Waals surface area contributed by atoms with Crippen LogP contribution >= 0.6 is 0 Å². The van der Waals surface area contributed by atoms with E-state index in [-0.39, 0.29) is 36.8 Å². The minimum Gasteiger partial charge on any atom is -0.493 e. The Morgan fingerprint density at radius 3 is 2.20 bits per heavy atom. The van der Waals surface area contributed by atoms with Crippen LogP contribution in [0.3, 0.4) is 0 Å². The Kier molecular flexibility index (Phi) is 9.50. The van der Waals surface area contributed by atoms with Gasteiger partial charge in [-0.05, 0) is 60.9 Å². The third-order valence-electron chi connectivity index (χ3n) is 7.39. The summed E-state index contributed by atoms with van der Waals surface area (Å²) in [5.74, 6) is 1.22. The Balaban J connectivity index is 1.51. The lowest BCUT2D eigenvalue weighted by atomic mass is 9.90. The highest BCUT2D eigenvalue weighted by atomic mass is 19.4. The van der Waals surface area contributed by atoms with E-state index in [4.69, 9.17) is 18.9 Å². The topological polar surface area (TPSA) is 89.5 Å². The van der Waals surface area contributed by atoms with Crippen LogP contribution in [0.15, 0.2) is 60.7 Å². The molecule has 3 aromatic rings. The number of ether oxygens (including phenoxy) is 4. The van der Waals surface area contributed by atoms with E-state index >= 15 is 0 Å². The lowest BCUT2D eigenvalue weighted by Crippen LogP contribution is -2.57. The summed E-state index contributed by atoms with van der Waals surface area (Å²) in [6.07, 6.45) is -11.6. The number of urea groups is 1. The zero-order chi connectivity index (χ0) is 33.2. The van der Waals surface area contributed by atoms with Gasteiger partial charge >= 0.3 is 18.4 Å². The number of amides is 2. The van der Waals surface area contributed by atoms with Gasteiger partial charge in [-0.15, -0.1) is 0 Å². The van der Waals surface area contributed by atoms with Gasteiger partial charge in [-0.2, -0.15) is 26.3 Å². The van der Waals surface area contributed by atoms with E-state index in [1.165, 1.54) is 19.1 Å². The molecular formula is C31H32F6N2O6. The number of rotatable bonds is 10. The molecule has 1 heterocycles. The van der Waals surface area contributed by atoms with Crippen molar-refractivity contribution in [3.63, 3.8) is 0 Å². The molecule has 0 radical (unpaired) electrons. The Labute approximate surface area is 255 Å². The molecular weight excluding hydrogens is 610 g/mol. The number of methoxy groups -OCH3 is 2. The van der Waals surface area contributed by atoms with Crippen LogP contribution in [-0.2, 0) is 29.0 Å². The molecule has 0 aromatic heterocycles. The second kappa shape index (κ2) is 12.7. The van der Waals surface area contributed by atoms with Crippen molar-refractivity contribution in [1.29, 1.82) is 0 Å². The molecule has 1 fully saturated rings. The lowest BCUT2D eigenvalue weighted by Gasteiger charge is -2.40. The predicted octanol–water partition coefficient (Wildman–Crippen LogP) is 7.13. The number of aliphatic hydroxyl groups is 1. The molecule has 45 heavy (non-hydrogen) atoms. The molecule has 0 bridgehead atoms. The first-order chi connectivity index (χ1) is 21.1. The molecule has 3 aromatic carbocycles. The smallest absolute Gasteiger partial charge is 0.430 e. The summed E-state index contributed by atoms with van der Waals surface area (Å²) in [5, 5.41) is 12.7. The van der Waals surface area contributed by atoms with Gasteiger partial charge in [0.15, 0.2) is 17.2 Å². The monoisotopic (exact) mass is 642 g/mol. The van der Waals surface area contributed by atoms with Crippen molar-refractivity contribution in [1.82, 2.24) is 10.2 Å². The molecule has 0 aliphatic carbocycles. The minimum atomic E-state index is -6.01. The Morgan fingerprint density at radius 1 is 0.933 bits per heavy atom. The molecule has 1 saturated heterocycles. The average Bonchev–Trinajstić information content (AvgIpc) is 2.98. The molecule has 1 aliphatic heterocycles. The second-order valence-corrected chi connectivity index (χ2v) is 10.5. The largest absolute Gasteiger partial charge is 0.493 e. The molecule has 0 saturated carbocycles. The van der Waals surface area contributed by atoms with E-state index in [0.29, 0.717) is 41.2 Å². The van der Waals surface area contributed by atoms with Gasteiger partial charge in [-0.25, -0.2) is 4.79 Å². The number of hydrogen-bond donors (Lipinski definition) is 2. The summed E-state index contributed by atoms with van der Waals surface area (Å²) in [4.78, 5) is 14.5. The zero-order valence-corrected chi connectivity index (χ0v) is 24.8. The highest BCUT2D eigenvalue weighted by molar-refractivity contribution is 5.75. The SMILES string of the molecule is CCCc1cc(C(O)(C(F)(F)F)C(F)(F)F)ccc1Oc1cccc(CN2COC(C)(c3ccc(OC)c(OC)c3)NC2=O)c1. The predicted molar refractivity (Wildman–Crippen MR) is 150 cm³/mol. The number of aryl methyl sites for hydroxylation is 1.